The van der Waals surface area contributed by atoms with Gasteiger partial charge in [-0.15, -0.1) is 0 Å². The van der Waals surface area contributed by atoms with E-state index in [4.69, 9.17) is 26.7 Å². The third-order valence-corrected chi connectivity index (χ3v) is 8.38. The highest BCUT2D eigenvalue weighted by Crippen LogP contribution is 2.36. The molecule has 3 aliphatic rings. The number of nitrogens with zero attached hydrogens (tertiary/aromatic N) is 4. The van der Waals surface area contributed by atoms with Crippen LogP contribution in [0.2, 0.25) is 0 Å². The molecule has 0 saturated carbocycles. The Morgan fingerprint density at radius 1 is 1.08 bits per heavy atom. The summed E-state index contributed by atoms with van der Waals surface area (Å²) < 4.78 is 13.7. The highest BCUT2D eigenvalue weighted by atomic mass is 32.2. The molecule has 190 valence electrons. The minimum atomic E-state index is -0.541. The molecular weight excluding hydrogens is 508 g/mol. The Bertz CT molecular complexity index is 1470. The lowest BCUT2D eigenvalue weighted by atomic mass is 10.0. The summed E-state index contributed by atoms with van der Waals surface area (Å²) in [5.41, 5.74) is 2.86. The van der Waals surface area contributed by atoms with Crippen molar-refractivity contribution in [2.24, 2.45) is 0 Å². The zero-order valence-electron chi connectivity index (χ0n) is 20.4. The average Bonchev–Trinajstić information content (AvgIpc) is 3.47. The number of thiocarbonyl (C=S) groups is 1. The Kier molecular flexibility index (Phi) is 6.36. The normalized spacial score (nSPS) is 20.6. The van der Waals surface area contributed by atoms with Crippen molar-refractivity contribution in [3.63, 3.8) is 0 Å². The largest absolute Gasteiger partial charge is 0.355 e. The number of carbonyl (C=O) groups excluding carboxylic acids is 1. The number of hydrogen-bond acceptors (Lipinski definition) is 8. The smallest absolute Gasteiger partial charge is 0.267 e. The van der Waals surface area contributed by atoms with Crippen LogP contribution in [0.15, 0.2) is 58.4 Å². The quantitative estimate of drug-likeness (QED) is 0.370. The summed E-state index contributed by atoms with van der Waals surface area (Å²) in [6, 6.07) is 13.5. The monoisotopic (exact) mass is 534 g/mol. The van der Waals surface area contributed by atoms with Gasteiger partial charge < -0.3 is 14.4 Å². The SMILES string of the molecule is Cc1ccc(CN2C(=O)C(=Cc3c(N4CCC5(CC4)OCCO5)nc4ccccn4c3=O)SC2=S)cc1. The van der Waals surface area contributed by atoms with Gasteiger partial charge in [0.15, 0.2) is 5.79 Å². The number of hydrogen-bond donors (Lipinski definition) is 0. The van der Waals surface area contributed by atoms with E-state index in [0.29, 0.717) is 71.9 Å². The van der Waals surface area contributed by atoms with Crippen LogP contribution >= 0.6 is 24.0 Å². The Hall–Kier alpha value is -3.05. The van der Waals surface area contributed by atoms with Crippen LogP contribution in [0, 0.1) is 6.92 Å². The third kappa shape index (κ3) is 4.59. The highest BCUT2D eigenvalue weighted by molar-refractivity contribution is 8.26. The fraction of sp³-hybridized carbons (Fsp3) is 0.333. The summed E-state index contributed by atoms with van der Waals surface area (Å²) in [6.07, 6.45) is 4.72. The second-order valence-corrected chi connectivity index (χ2v) is 11.1. The molecule has 1 spiro atoms. The van der Waals surface area contributed by atoms with Crippen LogP contribution in [0.1, 0.15) is 29.5 Å². The molecule has 6 rings (SSSR count). The Labute approximate surface area is 223 Å². The molecule has 0 unspecified atom stereocenters. The molecule has 3 aliphatic heterocycles. The minimum Gasteiger partial charge on any atom is -0.355 e. The van der Waals surface area contributed by atoms with Gasteiger partial charge in [0.2, 0.25) is 0 Å². The van der Waals surface area contributed by atoms with E-state index < -0.39 is 5.79 Å². The van der Waals surface area contributed by atoms with E-state index in [2.05, 4.69) is 4.90 Å². The third-order valence-electron chi connectivity index (χ3n) is 7.00. The number of anilines is 1. The molecule has 1 amide bonds. The van der Waals surface area contributed by atoms with Crippen LogP contribution in [-0.4, -0.2) is 56.6 Å². The minimum absolute atomic E-state index is 0.204. The Morgan fingerprint density at radius 3 is 2.54 bits per heavy atom. The van der Waals surface area contributed by atoms with Gasteiger partial charge in [0.1, 0.15) is 15.8 Å². The summed E-state index contributed by atoms with van der Waals surface area (Å²) in [5, 5.41) is 0. The van der Waals surface area contributed by atoms with Crippen molar-refractivity contribution in [2.45, 2.75) is 32.1 Å². The maximum absolute atomic E-state index is 13.7. The first kappa shape index (κ1) is 24.3. The summed E-state index contributed by atoms with van der Waals surface area (Å²) in [7, 11) is 0. The van der Waals surface area contributed by atoms with Crippen LogP contribution in [-0.2, 0) is 20.8 Å². The fourth-order valence-corrected chi connectivity index (χ4v) is 6.18. The lowest BCUT2D eigenvalue weighted by Gasteiger charge is -2.38. The molecule has 0 N–H and O–H groups in total. The van der Waals surface area contributed by atoms with Crippen LogP contribution in [0.5, 0.6) is 0 Å². The molecule has 0 aliphatic carbocycles. The van der Waals surface area contributed by atoms with Crippen LogP contribution in [0.3, 0.4) is 0 Å². The molecular formula is C27H26N4O4S2. The van der Waals surface area contributed by atoms with Gasteiger partial charge in [0, 0.05) is 32.1 Å². The van der Waals surface area contributed by atoms with Gasteiger partial charge in [-0.3, -0.25) is 18.9 Å². The maximum Gasteiger partial charge on any atom is 0.267 e. The lowest BCUT2D eigenvalue weighted by Crippen LogP contribution is -2.46. The number of benzene rings is 1. The fourth-order valence-electron chi connectivity index (χ4n) is 4.95. The van der Waals surface area contributed by atoms with Gasteiger partial charge in [-0.05, 0) is 30.7 Å². The van der Waals surface area contributed by atoms with Crippen molar-refractivity contribution >= 4 is 51.7 Å². The van der Waals surface area contributed by atoms with Crippen molar-refractivity contribution in [1.82, 2.24) is 14.3 Å². The summed E-state index contributed by atoms with van der Waals surface area (Å²) >= 11 is 6.77. The number of pyridine rings is 1. The van der Waals surface area contributed by atoms with E-state index in [1.165, 1.54) is 16.2 Å². The van der Waals surface area contributed by atoms with Crippen LogP contribution in [0.4, 0.5) is 5.82 Å². The number of rotatable bonds is 4. The van der Waals surface area contributed by atoms with E-state index in [-0.39, 0.29) is 11.5 Å². The van der Waals surface area contributed by atoms with Crippen molar-refractivity contribution in [2.75, 3.05) is 31.2 Å². The lowest BCUT2D eigenvalue weighted by molar-refractivity contribution is -0.169. The topological polar surface area (TPSA) is 76.4 Å². The Balaban J connectivity index is 1.35. The van der Waals surface area contributed by atoms with E-state index in [0.717, 1.165) is 11.1 Å². The van der Waals surface area contributed by atoms with Gasteiger partial charge in [-0.25, -0.2) is 4.98 Å². The van der Waals surface area contributed by atoms with Gasteiger partial charge in [-0.2, -0.15) is 0 Å². The molecule has 10 heteroatoms. The molecule has 37 heavy (non-hydrogen) atoms. The first-order chi connectivity index (χ1) is 17.9. The van der Waals surface area contributed by atoms with Crippen molar-refractivity contribution in [1.29, 1.82) is 0 Å². The maximum atomic E-state index is 13.7. The number of thioether (sulfide) groups is 1. The molecule has 1 aromatic carbocycles. The van der Waals surface area contributed by atoms with E-state index in [9.17, 15) is 9.59 Å². The van der Waals surface area contributed by atoms with Gasteiger partial charge in [0.25, 0.3) is 11.5 Å². The van der Waals surface area contributed by atoms with Gasteiger partial charge in [0.05, 0.1) is 30.2 Å². The first-order valence-corrected chi connectivity index (χ1v) is 13.5. The van der Waals surface area contributed by atoms with E-state index in [1.807, 2.05) is 43.3 Å². The second-order valence-electron chi connectivity index (χ2n) is 9.43. The molecule has 3 aromatic rings. The van der Waals surface area contributed by atoms with Gasteiger partial charge in [-0.1, -0.05) is 59.9 Å². The molecule has 3 fully saturated rings. The summed E-state index contributed by atoms with van der Waals surface area (Å²) in [6.45, 7) is 4.87. The predicted molar refractivity (Wildman–Crippen MR) is 147 cm³/mol. The van der Waals surface area contributed by atoms with Crippen LogP contribution in [0.25, 0.3) is 11.7 Å². The molecule has 0 radical (unpaired) electrons. The molecule has 5 heterocycles. The van der Waals surface area contributed by atoms with Crippen molar-refractivity contribution in [3.8, 4) is 0 Å². The number of aromatic nitrogens is 2. The number of amides is 1. The summed E-state index contributed by atoms with van der Waals surface area (Å²) in [4.78, 5) is 36.0. The molecule has 0 bridgehead atoms. The van der Waals surface area contributed by atoms with Crippen molar-refractivity contribution < 1.29 is 14.3 Å². The number of aryl methyl sites for hydroxylation is 1. The Morgan fingerprint density at radius 2 is 1.81 bits per heavy atom. The molecule has 2 aromatic heterocycles. The van der Waals surface area contributed by atoms with E-state index in [1.54, 1.807) is 23.2 Å². The number of ether oxygens (including phenoxy) is 2. The van der Waals surface area contributed by atoms with Gasteiger partial charge >= 0.3 is 0 Å². The molecule has 3 saturated heterocycles. The molecule has 8 nitrogen and oxygen atoms in total. The standard InChI is InChI=1S/C27H26N4O4S2/c1-18-5-7-19(8-6-18)17-31-25(33)21(37-26(31)36)16-20-23(28-22-4-2-3-11-30(22)24(20)32)29-12-9-27(10-13-29)34-14-15-35-27/h2-8,11,16H,9-10,12-15,17H2,1H3. The van der Waals surface area contributed by atoms with Crippen LogP contribution < -0.4 is 10.5 Å². The predicted octanol–water partition coefficient (Wildman–Crippen LogP) is 3.75. The number of fused-ring (bicyclic) bond motifs is 1. The van der Waals surface area contributed by atoms with E-state index >= 15 is 0 Å². The second kappa shape index (κ2) is 9.68. The average molecular weight is 535 g/mol. The number of piperidine rings is 1. The summed E-state index contributed by atoms with van der Waals surface area (Å²) in [5.74, 6) is -0.182. The zero-order chi connectivity index (χ0) is 25.6. The number of carbonyl (C=O) groups is 1. The molecule has 0 atom stereocenters. The first-order valence-electron chi connectivity index (χ1n) is 12.3. The van der Waals surface area contributed by atoms with Crippen molar-refractivity contribution in [3.05, 3.63) is 80.6 Å². The zero-order valence-corrected chi connectivity index (χ0v) is 22.0. The highest BCUT2D eigenvalue weighted by Gasteiger charge is 2.41.